The number of nitrogens with zero attached hydrogens (tertiary/aromatic N) is 1. The summed E-state index contributed by atoms with van der Waals surface area (Å²) in [5, 5.41) is 0.805. The van der Waals surface area contributed by atoms with Crippen LogP contribution in [0.4, 0.5) is 0 Å². The van der Waals surface area contributed by atoms with Crippen LogP contribution < -0.4 is 10.5 Å². The fourth-order valence-corrected chi connectivity index (χ4v) is 2.87. The molecule has 0 fully saturated rings. The maximum atomic E-state index is 13.1. The van der Waals surface area contributed by atoms with Crippen molar-refractivity contribution in [1.29, 1.82) is 0 Å². The van der Waals surface area contributed by atoms with Gasteiger partial charge in [-0.15, -0.1) is 0 Å². The van der Waals surface area contributed by atoms with Crippen molar-refractivity contribution >= 4 is 22.8 Å². The van der Waals surface area contributed by atoms with E-state index in [1.165, 1.54) is 4.90 Å². The largest absolute Gasteiger partial charge is 0.489 e. The van der Waals surface area contributed by atoms with Gasteiger partial charge in [-0.2, -0.15) is 0 Å². The van der Waals surface area contributed by atoms with E-state index in [0.29, 0.717) is 16.9 Å². The molecule has 0 bridgehead atoms. The molecule has 1 heterocycles. The summed E-state index contributed by atoms with van der Waals surface area (Å²) in [7, 11) is 0. The molecule has 3 rings (SSSR count). The lowest BCUT2D eigenvalue weighted by atomic mass is 10.1. The predicted molar refractivity (Wildman–Crippen MR) is 102 cm³/mol. The number of carbonyl (C=O) groups excluding carboxylic acids is 2. The number of rotatable bonds is 7. The lowest BCUT2D eigenvalue weighted by Gasteiger charge is -2.24. The van der Waals surface area contributed by atoms with Crippen LogP contribution in [-0.4, -0.2) is 29.3 Å². The summed E-state index contributed by atoms with van der Waals surface area (Å²) < 4.78 is 11.7. The van der Waals surface area contributed by atoms with Crippen molar-refractivity contribution in [2.24, 2.45) is 5.73 Å². The fourth-order valence-electron chi connectivity index (χ4n) is 2.87. The number of benzene rings is 2. The standard InChI is InChI=1S/C21H22N2O4/c1-14(2)23(12-19(22)24)21(25)20-17(13-26-15-8-4-3-5-9-15)16-10-6-7-11-18(16)27-20/h3-11,14H,12-13H2,1-2H3,(H2,22,24). The van der Waals surface area contributed by atoms with Gasteiger partial charge in [-0.1, -0.05) is 36.4 Å². The summed E-state index contributed by atoms with van der Waals surface area (Å²) in [6.45, 7) is 3.64. The van der Waals surface area contributed by atoms with Crippen LogP contribution in [0.1, 0.15) is 30.0 Å². The Labute approximate surface area is 157 Å². The van der Waals surface area contributed by atoms with Gasteiger partial charge >= 0.3 is 0 Å². The van der Waals surface area contributed by atoms with E-state index in [9.17, 15) is 9.59 Å². The normalized spacial score (nSPS) is 10.9. The number of para-hydroxylation sites is 2. The molecule has 0 aliphatic carbocycles. The van der Waals surface area contributed by atoms with Crippen LogP contribution in [0.3, 0.4) is 0 Å². The molecule has 0 spiro atoms. The van der Waals surface area contributed by atoms with Gasteiger partial charge < -0.3 is 19.8 Å². The fraction of sp³-hybridized carbons (Fsp3) is 0.238. The van der Waals surface area contributed by atoms with E-state index >= 15 is 0 Å². The second-order valence-electron chi connectivity index (χ2n) is 6.50. The van der Waals surface area contributed by atoms with Gasteiger partial charge in [0.2, 0.25) is 5.91 Å². The van der Waals surface area contributed by atoms with Crippen LogP contribution in [0.2, 0.25) is 0 Å². The summed E-state index contributed by atoms with van der Waals surface area (Å²) in [6, 6.07) is 16.5. The molecule has 140 valence electrons. The summed E-state index contributed by atoms with van der Waals surface area (Å²) in [4.78, 5) is 25.9. The summed E-state index contributed by atoms with van der Waals surface area (Å²) >= 11 is 0. The second-order valence-corrected chi connectivity index (χ2v) is 6.50. The SMILES string of the molecule is CC(C)N(CC(N)=O)C(=O)c1oc2ccccc2c1COc1ccccc1. The first-order valence-electron chi connectivity index (χ1n) is 8.75. The molecule has 0 saturated heterocycles. The van der Waals surface area contributed by atoms with Gasteiger partial charge in [0.15, 0.2) is 5.76 Å². The van der Waals surface area contributed by atoms with E-state index in [2.05, 4.69) is 0 Å². The maximum Gasteiger partial charge on any atom is 0.290 e. The smallest absolute Gasteiger partial charge is 0.290 e. The van der Waals surface area contributed by atoms with Crippen LogP contribution in [0, 0.1) is 0 Å². The van der Waals surface area contributed by atoms with E-state index in [0.717, 1.165) is 5.39 Å². The minimum Gasteiger partial charge on any atom is -0.489 e. The number of hydrogen-bond donors (Lipinski definition) is 1. The quantitative estimate of drug-likeness (QED) is 0.695. The van der Waals surface area contributed by atoms with Gasteiger partial charge in [-0.05, 0) is 32.0 Å². The molecule has 0 aliphatic rings. The molecule has 0 atom stereocenters. The Kier molecular flexibility index (Phi) is 5.45. The Balaban J connectivity index is 1.98. The first kappa shape index (κ1) is 18.5. The molecular formula is C21H22N2O4. The Bertz CT molecular complexity index is 947. The average molecular weight is 366 g/mol. The molecular weight excluding hydrogens is 344 g/mol. The van der Waals surface area contributed by atoms with Gasteiger partial charge in [0, 0.05) is 17.0 Å². The first-order valence-corrected chi connectivity index (χ1v) is 8.75. The number of ether oxygens (including phenoxy) is 1. The zero-order valence-corrected chi connectivity index (χ0v) is 15.3. The first-order chi connectivity index (χ1) is 13.0. The number of furan rings is 1. The minimum absolute atomic E-state index is 0.169. The van der Waals surface area contributed by atoms with Gasteiger partial charge in [0.25, 0.3) is 5.91 Å². The van der Waals surface area contributed by atoms with Crippen molar-refractivity contribution in [3.8, 4) is 5.75 Å². The molecule has 2 amide bonds. The molecule has 0 aliphatic heterocycles. The zero-order valence-electron chi connectivity index (χ0n) is 15.3. The number of amides is 2. The van der Waals surface area contributed by atoms with Gasteiger partial charge in [0.05, 0.1) is 6.54 Å². The third kappa shape index (κ3) is 4.11. The highest BCUT2D eigenvalue weighted by molar-refractivity contribution is 6.00. The zero-order chi connectivity index (χ0) is 19.4. The van der Waals surface area contributed by atoms with Gasteiger partial charge in [-0.3, -0.25) is 9.59 Å². The van der Waals surface area contributed by atoms with Crippen LogP contribution in [0.5, 0.6) is 5.75 Å². The van der Waals surface area contributed by atoms with Crippen LogP contribution >= 0.6 is 0 Å². The Morgan fingerprint density at radius 2 is 1.74 bits per heavy atom. The van der Waals surface area contributed by atoms with Crippen molar-refractivity contribution in [2.75, 3.05) is 6.54 Å². The van der Waals surface area contributed by atoms with Crippen molar-refractivity contribution in [3.63, 3.8) is 0 Å². The topological polar surface area (TPSA) is 85.8 Å². The molecule has 6 heteroatoms. The summed E-state index contributed by atoms with van der Waals surface area (Å²) in [5.41, 5.74) is 6.55. The van der Waals surface area contributed by atoms with E-state index in [1.807, 2.05) is 62.4 Å². The molecule has 0 unspecified atom stereocenters. The Hall–Kier alpha value is -3.28. The van der Waals surface area contributed by atoms with Crippen LogP contribution in [0.15, 0.2) is 59.0 Å². The number of fused-ring (bicyclic) bond motifs is 1. The van der Waals surface area contributed by atoms with Crippen molar-refractivity contribution < 1.29 is 18.7 Å². The number of carbonyl (C=O) groups is 2. The second kappa shape index (κ2) is 7.95. The monoisotopic (exact) mass is 366 g/mol. The van der Waals surface area contributed by atoms with E-state index in [4.69, 9.17) is 14.9 Å². The van der Waals surface area contributed by atoms with E-state index in [1.54, 1.807) is 6.07 Å². The third-order valence-corrected chi connectivity index (χ3v) is 4.23. The molecule has 1 aromatic heterocycles. The molecule has 3 aromatic rings. The van der Waals surface area contributed by atoms with Crippen molar-refractivity contribution in [2.45, 2.75) is 26.5 Å². The van der Waals surface area contributed by atoms with Gasteiger partial charge in [-0.25, -0.2) is 0 Å². The minimum atomic E-state index is -0.574. The maximum absolute atomic E-state index is 13.1. The molecule has 6 nitrogen and oxygen atoms in total. The van der Waals surface area contributed by atoms with Crippen molar-refractivity contribution in [3.05, 3.63) is 65.9 Å². The van der Waals surface area contributed by atoms with E-state index < -0.39 is 5.91 Å². The number of hydrogen-bond acceptors (Lipinski definition) is 4. The van der Waals surface area contributed by atoms with E-state index in [-0.39, 0.29) is 30.9 Å². The Morgan fingerprint density at radius 1 is 1.07 bits per heavy atom. The summed E-state index contributed by atoms with van der Waals surface area (Å²) in [6.07, 6.45) is 0. The van der Waals surface area contributed by atoms with Crippen LogP contribution in [0.25, 0.3) is 11.0 Å². The highest BCUT2D eigenvalue weighted by atomic mass is 16.5. The summed E-state index contributed by atoms with van der Waals surface area (Å²) in [5.74, 6) is -0.0944. The molecule has 0 radical (unpaired) electrons. The lowest BCUT2D eigenvalue weighted by molar-refractivity contribution is -0.119. The molecule has 2 aromatic carbocycles. The average Bonchev–Trinajstić information content (AvgIpc) is 3.03. The number of primary amides is 1. The third-order valence-electron chi connectivity index (χ3n) is 4.23. The highest BCUT2D eigenvalue weighted by Gasteiger charge is 2.28. The molecule has 0 saturated carbocycles. The predicted octanol–water partition coefficient (Wildman–Crippen LogP) is 3.35. The number of nitrogens with two attached hydrogens (primary N) is 1. The van der Waals surface area contributed by atoms with Crippen LogP contribution in [-0.2, 0) is 11.4 Å². The molecule has 27 heavy (non-hydrogen) atoms. The lowest BCUT2D eigenvalue weighted by Crippen LogP contribution is -2.43. The van der Waals surface area contributed by atoms with Gasteiger partial charge in [0.1, 0.15) is 17.9 Å². The van der Waals surface area contributed by atoms with Crippen molar-refractivity contribution in [1.82, 2.24) is 4.90 Å². The molecule has 2 N–H and O–H groups in total. The highest BCUT2D eigenvalue weighted by Crippen LogP contribution is 2.28. The Morgan fingerprint density at radius 3 is 2.41 bits per heavy atom.